The Morgan fingerprint density at radius 2 is 1.33 bits per heavy atom. The number of ether oxygens (including phenoxy) is 3. The van der Waals surface area contributed by atoms with E-state index >= 15 is 0 Å². The van der Waals surface area contributed by atoms with Gasteiger partial charge in [-0.3, -0.25) is 0 Å². The average molecular weight is 483 g/mol. The zero-order valence-corrected chi connectivity index (χ0v) is 19.3. The monoisotopic (exact) mass is 482 g/mol. The smallest absolute Gasteiger partial charge is 0.374 e. The minimum Gasteiger partial charge on any atom is -0.502 e. The summed E-state index contributed by atoms with van der Waals surface area (Å²) in [7, 11) is 0. The number of hydrogen-bond donors (Lipinski definition) is 1. The van der Waals surface area contributed by atoms with E-state index in [-0.39, 0.29) is 5.57 Å². The molecular weight excluding hydrogens is 459 g/mol. The van der Waals surface area contributed by atoms with Crippen molar-refractivity contribution in [2.24, 2.45) is 0 Å². The van der Waals surface area contributed by atoms with Gasteiger partial charge >= 0.3 is 5.97 Å². The minimum atomic E-state index is -0.884. The quantitative estimate of drug-likeness (QED) is 0.289. The molecule has 36 heavy (non-hydrogen) atoms. The summed E-state index contributed by atoms with van der Waals surface area (Å²) in [6.07, 6.45) is -0.884. The number of hydrogen-bond acceptors (Lipinski definition) is 5. The first-order valence-corrected chi connectivity index (χ1v) is 11.5. The molecule has 4 aromatic carbocycles. The summed E-state index contributed by atoms with van der Waals surface area (Å²) < 4.78 is 31.2. The largest absolute Gasteiger partial charge is 0.502 e. The normalized spacial score (nSPS) is 15.0. The molecule has 5 nitrogen and oxygen atoms in total. The van der Waals surface area contributed by atoms with Crippen molar-refractivity contribution in [3.05, 3.63) is 137 Å². The first-order chi connectivity index (χ1) is 17.6. The highest BCUT2D eigenvalue weighted by Crippen LogP contribution is 2.43. The maximum Gasteiger partial charge on any atom is 0.374 e. The topological polar surface area (TPSA) is 65.0 Å². The van der Waals surface area contributed by atoms with Gasteiger partial charge in [-0.1, -0.05) is 78.9 Å². The maximum atomic E-state index is 13.5. The van der Waals surface area contributed by atoms with Crippen LogP contribution in [-0.2, 0) is 22.7 Å². The van der Waals surface area contributed by atoms with Gasteiger partial charge in [-0.05, 0) is 41.0 Å². The SMILES string of the molecule is O=C1OC(c2ccc(OCc3ccccc3)c(OCc3ccccc3)c2)C(c2ccc(F)cc2)=C1O. The Bertz CT molecular complexity index is 1380. The summed E-state index contributed by atoms with van der Waals surface area (Å²) in [5.74, 6) is -0.761. The van der Waals surface area contributed by atoms with Crippen LogP contribution in [0.4, 0.5) is 4.39 Å². The van der Waals surface area contributed by atoms with Crippen LogP contribution in [0.15, 0.2) is 109 Å². The summed E-state index contributed by atoms with van der Waals surface area (Å²) in [6, 6.07) is 30.3. The second-order valence-corrected chi connectivity index (χ2v) is 8.31. The number of esters is 1. The highest BCUT2D eigenvalue weighted by atomic mass is 19.1. The Hall–Kier alpha value is -4.58. The standard InChI is InChI=1S/C30H23FO5/c31-24-14-11-22(12-15-24)27-28(32)30(33)36-29(27)23-13-16-25(34-18-20-7-3-1-4-8-20)26(17-23)35-19-21-9-5-2-6-10-21/h1-17,29,32H,18-19H2. The van der Waals surface area contributed by atoms with Crippen LogP contribution in [0.25, 0.3) is 5.57 Å². The Balaban J connectivity index is 1.47. The molecule has 1 aliphatic rings. The van der Waals surface area contributed by atoms with Gasteiger partial charge in [-0.15, -0.1) is 0 Å². The zero-order valence-electron chi connectivity index (χ0n) is 19.3. The Morgan fingerprint density at radius 3 is 1.94 bits per heavy atom. The molecule has 0 spiro atoms. The van der Waals surface area contributed by atoms with Gasteiger partial charge in [0.1, 0.15) is 19.0 Å². The molecule has 180 valence electrons. The lowest BCUT2D eigenvalue weighted by Crippen LogP contribution is -2.06. The molecule has 5 rings (SSSR count). The van der Waals surface area contributed by atoms with Crippen LogP contribution in [-0.4, -0.2) is 11.1 Å². The van der Waals surface area contributed by atoms with Crippen LogP contribution < -0.4 is 9.47 Å². The maximum absolute atomic E-state index is 13.5. The van der Waals surface area contributed by atoms with Gasteiger partial charge in [0.25, 0.3) is 0 Å². The van der Waals surface area contributed by atoms with Gasteiger partial charge < -0.3 is 19.3 Å². The number of halogens is 1. The third-order valence-electron chi connectivity index (χ3n) is 5.84. The van der Waals surface area contributed by atoms with E-state index in [0.717, 1.165) is 11.1 Å². The molecule has 6 heteroatoms. The molecule has 0 saturated heterocycles. The number of cyclic esters (lactones) is 1. The van der Waals surface area contributed by atoms with E-state index in [0.29, 0.717) is 35.8 Å². The molecule has 0 aliphatic carbocycles. The highest BCUT2D eigenvalue weighted by Gasteiger charge is 2.36. The Labute approximate surface area is 208 Å². The highest BCUT2D eigenvalue weighted by molar-refractivity contribution is 6.00. The second-order valence-electron chi connectivity index (χ2n) is 8.31. The van der Waals surface area contributed by atoms with Gasteiger partial charge in [0.15, 0.2) is 17.6 Å². The number of carbonyl (C=O) groups excluding carboxylic acids is 1. The van der Waals surface area contributed by atoms with E-state index in [9.17, 15) is 14.3 Å². The molecular formula is C30H23FO5. The number of benzene rings is 4. The molecule has 0 radical (unpaired) electrons. The Kier molecular flexibility index (Phi) is 6.67. The molecule has 0 aromatic heterocycles. The van der Waals surface area contributed by atoms with E-state index in [1.807, 2.05) is 60.7 Å². The van der Waals surface area contributed by atoms with E-state index in [1.54, 1.807) is 18.2 Å². The van der Waals surface area contributed by atoms with Gasteiger partial charge in [0, 0.05) is 5.56 Å². The number of aliphatic hydroxyl groups excluding tert-OH is 1. The van der Waals surface area contributed by atoms with Crippen molar-refractivity contribution in [3.63, 3.8) is 0 Å². The lowest BCUT2D eigenvalue weighted by molar-refractivity contribution is -0.142. The first-order valence-electron chi connectivity index (χ1n) is 11.5. The van der Waals surface area contributed by atoms with Crippen LogP contribution in [0.5, 0.6) is 11.5 Å². The summed E-state index contributed by atoms with van der Waals surface area (Å²) in [5, 5.41) is 10.5. The van der Waals surface area contributed by atoms with Crippen molar-refractivity contribution in [2.75, 3.05) is 0 Å². The predicted molar refractivity (Wildman–Crippen MR) is 133 cm³/mol. The van der Waals surface area contributed by atoms with Crippen LogP contribution >= 0.6 is 0 Å². The number of carbonyl (C=O) groups is 1. The molecule has 1 heterocycles. The van der Waals surface area contributed by atoms with Crippen LogP contribution in [0.2, 0.25) is 0 Å². The van der Waals surface area contributed by atoms with E-state index in [1.165, 1.54) is 24.3 Å². The third kappa shape index (κ3) is 5.08. The van der Waals surface area contributed by atoms with Gasteiger partial charge in [-0.25, -0.2) is 9.18 Å². The molecule has 0 saturated carbocycles. The van der Waals surface area contributed by atoms with E-state index in [2.05, 4.69) is 0 Å². The Morgan fingerprint density at radius 1 is 0.750 bits per heavy atom. The van der Waals surface area contributed by atoms with Gasteiger partial charge in [-0.2, -0.15) is 0 Å². The molecule has 0 amide bonds. The molecule has 1 unspecified atom stereocenters. The summed E-state index contributed by atoms with van der Waals surface area (Å²) >= 11 is 0. The molecule has 1 N–H and O–H groups in total. The molecule has 0 fully saturated rings. The molecule has 4 aromatic rings. The summed E-state index contributed by atoms with van der Waals surface area (Å²) in [4.78, 5) is 12.3. The molecule has 1 atom stereocenters. The number of aliphatic hydroxyl groups is 1. The lowest BCUT2D eigenvalue weighted by Gasteiger charge is -2.18. The summed E-state index contributed by atoms with van der Waals surface area (Å²) in [5.41, 5.74) is 3.33. The number of rotatable bonds is 8. The predicted octanol–water partition coefficient (Wildman–Crippen LogP) is 6.55. The molecule has 1 aliphatic heterocycles. The van der Waals surface area contributed by atoms with Crippen molar-refractivity contribution in [2.45, 2.75) is 19.3 Å². The van der Waals surface area contributed by atoms with Crippen molar-refractivity contribution >= 4 is 11.5 Å². The van der Waals surface area contributed by atoms with Gasteiger partial charge in [0.2, 0.25) is 5.76 Å². The summed E-state index contributed by atoms with van der Waals surface area (Å²) in [6.45, 7) is 0.657. The fourth-order valence-corrected chi connectivity index (χ4v) is 4.00. The van der Waals surface area contributed by atoms with Crippen molar-refractivity contribution in [1.29, 1.82) is 0 Å². The average Bonchev–Trinajstić information content (AvgIpc) is 3.22. The fraction of sp³-hybridized carbons (Fsp3) is 0.100. The minimum absolute atomic E-state index is 0.270. The van der Waals surface area contributed by atoms with Crippen molar-refractivity contribution in [1.82, 2.24) is 0 Å². The van der Waals surface area contributed by atoms with Crippen LogP contribution in [0, 0.1) is 5.82 Å². The van der Waals surface area contributed by atoms with E-state index < -0.39 is 23.6 Å². The first kappa shape index (κ1) is 23.2. The van der Waals surface area contributed by atoms with Gasteiger partial charge in [0.05, 0.1) is 5.57 Å². The second kappa shape index (κ2) is 10.4. The van der Waals surface area contributed by atoms with Crippen molar-refractivity contribution in [3.8, 4) is 11.5 Å². The van der Waals surface area contributed by atoms with E-state index in [4.69, 9.17) is 14.2 Å². The fourth-order valence-electron chi connectivity index (χ4n) is 4.00. The van der Waals surface area contributed by atoms with Crippen molar-refractivity contribution < 1.29 is 28.5 Å². The molecule has 0 bridgehead atoms. The lowest BCUT2D eigenvalue weighted by atomic mass is 9.95. The van der Waals surface area contributed by atoms with Crippen LogP contribution in [0.1, 0.15) is 28.4 Å². The van der Waals surface area contributed by atoms with Crippen LogP contribution in [0.3, 0.4) is 0 Å². The zero-order chi connectivity index (χ0) is 24.9. The third-order valence-corrected chi connectivity index (χ3v) is 5.84.